The van der Waals surface area contributed by atoms with Gasteiger partial charge in [0.25, 0.3) is 0 Å². The van der Waals surface area contributed by atoms with E-state index in [1.165, 1.54) is 6.42 Å². The molecule has 2 unspecified atom stereocenters. The predicted octanol–water partition coefficient (Wildman–Crippen LogP) is 2.08. The summed E-state index contributed by atoms with van der Waals surface area (Å²) < 4.78 is 5.59. The molecule has 4 nitrogen and oxygen atoms in total. The first-order chi connectivity index (χ1) is 6.96. The van der Waals surface area contributed by atoms with Crippen molar-refractivity contribution in [2.24, 2.45) is 5.92 Å². The van der Waals surface area contributed by atoms with Crippen LogP contribution in [-0.2, 0) is 6.54 Å². The first kappa shape index (κ1) is 10.6. The van der Waals surface area contributed by atoms with E-state index < -0.39 is 0 Å². The molecule has 2 rings (SSSR count). The molecule has 1 heterocycles. The van der Waals surface area contributed by atoms with Crippen LogP contribution in [0.2, 0.25) is 0 Å². The van der Waals surface area contributed by atoms with Gasteiger partial charge in [0, 0.05) is 11.5 Å². The summed E-state index contributed by atoms with van der Waals surface area (Å²) in [4.78, 5) is 0. The van der Waals surface area contributed by atoms with Gasteiger partial charge in [-0.25, -0.2) is 0 Å². The highest BCUT2D eigenvalue weighted by Crippen LogP contribution is 2.46. The van der Waals surface area contributed by atoms with Crippen LogP contribution in [0.15, 0.2) is 4.42 Å². The molecule has 1 aromatic rings. The number of aromatic nitrogens is 2. The van der Waals surface area contributed by atoms with Gasteiger partial charge in [-0.15, -0.1) is 10.2 Å². The first-order valence-corrected chi connectivity index (χ1v) is 5.53. The summed E-state index contributed by atoms with van der Waals surface area (Å²) in [7, 11) is 0. The quantitative estimate of drug-likeness (QED) is 0.828. The van der Waals surface area contributed by atoms with E-state index in [1.54, 1.807) is 0 Å². The molecule has 4 heteroatoms. The fourth-order valence-electron chi connectivity index (χ4n) is 1.49. The molecule has 0 aromatic carbocycles. The van der Waals surface area contributed by atoms with E-state index >= 15 is 0 Å². The van der Waals surface area contributed by atoms with Gasteiger partial charge in [-0.3, -0.25) is 0 Å². The van der Waals surface area contributed by atoms with Gasteiger partial charge in [-0.1, -0.05) is 6.92 Å². The topological polar surface area (TPSA) is 51.0 Å². The van der Waals surface area contributed by atoms with E-state index in [0.717, 1.165) is 5.89 Å². The Morgan fingerprint density at radius 2 is 2.07 bits per heavy atom. The van der Waals surface area contributed by atoms with Crippen LogP contribution in [0.5, 0.6) is 0 Å². The number of hydrogen-bond donors (Lipinski definition) is 1. The van der Waals surface area contributed by atoms with Crippen LogP contribution in [0, 0.1) is 5.92 Å². The van der Waals surface area contributed by atoms with Gasteiger partial charge >= 0.3 is 0 Å². The molecule has 0 saturated heterocycles. The molecule has 0 aliphatic heterocycles. The zero-order chi connectivity index (χ0) is 11.1. The monoisotopic (exact) mass is 209 g/mol. The average molecular weight is 209 g/mol. The van der Waals surface area contributed by atoms with Crippen molar-refractivity contribution in [3.63, 3.8) is 0 Å². The predicted molar refractivity (Wildman–Crippen MR) is 57.4 cm³/mol. The summed E-state index contributed by atoms with van der Waals surface area (Å²) in [6.07, 6.45) is 1.19. The minimum Gasteiger partial charge on any atom is -0.424 e. The van der Waals surface area contributed by atoms with Gasteiger partial charge in [-0.2, -0.15) is 0 Å². The summed E-state index contributed by atoms with van der Waals surface area (Å²) in [6, 6.07) is 0. The molecular weight excluding hydrogens is 190 g/mol. The van der Waals surface area contributed by atoms with E-state index in [9.17, 15) is 0 Å². The van der Waals surface area contributed by atoms with Crippen LogP contribution < -0.4 is 5.32 Å². The second-order valence-corrected chi connectivity index (χ2v) is 5.46. The van der Waals surface area contributed by atoms with Crippen molar-refractivity contribution in [1.29, 1.82) is 0 Å². The number of hydrogen-bond acceptors (Lipinski definition) is 4. The lowest BCUT2D eigenvalue weighted by molar-refractivity contribution is 0.370. The van der Waals surface area contributed by atoms with Crippen LogP contribution in [0.4, 0.5) is 0 Å². The van der Waals surface area contributed by atoms with Gasteiger partial charge < -0.3 is 9.73 Å². The molecule has 1 saturated carbocycles. The molecule has 0 radical (unpaired) electrons. The average Bonchev–Trinajstić information content (AvgIpc) is 2.68. The Morgan fingerprint density at radius 1 is 1.40 bits per heavy atom. The summed E-state index contributed by atoms with van der Waals surface area (Å²) in [5.41, 5.74) is 0.0848. The lowest BCUT2D eigenvalue weighted by Crippen LogP contribution is -2.35. The molecule has 1 aliphatic rings. The van der Waals surface area contributed by atoms with Crippen molar-refractivity contribution < 1.29 is 4.42 Å². The van der Waals surface area contributed by atoms with E-state index in [1.807, 2.05) is 0 Å². The molecule has 1 fully saturated rings. The van der Waals surface area contributed by atoms with E-state index in [0.29, 0.717) is 24.3 Å². The molecule has 0 bridgehead atoms. The Kier molecular flexibility index (Phi) is 2.54. The summed E-state index contributed by atoms with van der Waals surface area (Å²) >= 11 is 0. The molecule has 0 amide bonds. The smallest absolute Gasteiger partial charge is 0.230 e. The Labute approximate surface area is 90.5 Å². The molecule has 2 atom stereocenters. The molecule has 15 heavy (non-hydrogen) atoms. The van der Waals surface area contributed by atoms with Crippen LogP contribution in [-0.4, -0.2) is 15.7 Å². The van der Waals surface area contributed by atoms with Crippen LogP contribution >= 0.6 is 0 Å². The Bertz CT molecular complexity index is 340. The normalized spacial score (nSPS) is 25.6. The van der Waals surface area contributed by atoms with Crippen LogP contribution in [0.3, 0.4) is 0 Å². The van der Waals surface area contributed by atoms with Crippen molar-refractivity contribution in [3.05, 3.63) is 11.8 Å². The van der Waals surface area contributed by atoms with Gasteiger partial charge in [0.1, 0.15) is 0 Å². The Hall–Kier alpha value is -0.900. The van der Waals surface area contributed by atoms with Gasteiger partial charge in [-0.05, 0) is 33.1 Å². The zero-order valence-corrected chi connectivity index (χ0v) is 9.87. The third kappa shape index (κ3) is 2.78. The summed E-state index contributed by atoms with van der Waals surface area (Å²) in [6.45, 7) is 9.22. The SMILES string of the molecule is CC1CC1c1nnc(CNC(C)(C)C)o1. The number of nitrogens with one attached hydrogen (secondary N) is 1. The highest BCUT2D eigenvalue weighted by atomic mass is 16.4. The number of rotatable bonds is 3. The van der Waals surface area contributed by atoms with Crippen LogP contribution in [0.1, 0.15) is 51.8 Å². The minimum atomic E-state index is 0.0848. The lowest BCUT2D eigenvalue weighted by Gasteiger charge is -2.18. The summed E-state index contributed by atoms with van der Waals surface area (Å²) in [5.74, 6) is 2.74. The molecule has 0 spiro atoms. The Balaban J connectivity index is 1.90. The highest BCUT2D eigenvalue weighted by molar-refractivity contribution is 5.04. The molecule has 1 aliphatic carbocycles. The number of nitrogens with zero attached hydrogens (tertiary/aromatic N) is 2. The van der Waals surface area contributed by atoms with Gasteiger partial charge in [0.2, 0.25) is 11.8 Å². The maximum absolute atomic E-state index is 5.59. The second kappa shape index (κ2) is 3.59. The van der Waals surface area contributed by atoms with Gasteiger partial charge in [0.15, 0.2) is 0 Å². The van der Waals surface area contributed by atoms with Crippen molar-refractivity contribution in [2.75, 3.05) is 0 Å². The summed E-state index contributed by atoms with van der Waals surface area (Å²) in [5, 5.41) is 11.4. The van der Waals surface area contributed by atoms with E-state index in [4.69, 9.17) is 4.42 Å². The Morgan fingerprint density at radius 3 is 2.60 bits per heavy atom. The molecule has 1 N–H and O–H groups in total. The van der Waals surface area contributed by atoms with E-state index in [-0.39, 0.29) is 5.54 Å². The second-order valence-electron chi connectivity index (χ2n) is 5.46. The van der Waals surface area contributed by atoms with Crippen molar-refractivity contribution in [3.8, 4) is 0 Å². The third-order valence-corrected chi connectivity index (χ3v) is 2.68. The minimum absolute atomic E-state index is 0.0848. The van der Waals surface area contributed by atoms with Crippen molar-refractivity contribution >= 4 is 0 Å². The zero-order valence-electron chi connectivity index (χ0n) is 9.87. The third-order valence-electron chi connectivity index (χ3n) is 2.68. The lowest BCUT2D eigenvalue weighted by atomic mass is 10.1. The molecular formula is C11H19N3O. The van der Waals surface area contributed by atoms with Crippen molar-refractivity contribution in [1.82, 2.24) is 15.5 Å². The van der Waals surface area contributed by atoms with Gasteiger partial charge in [0.05, 0.1) is 6.54 Å². The van der Waals surface area contributed by atoms with E-state index in [2.05, 4.69) is 43.2 Å². The molecule has 1 aromatic heterocycles. The fraction of sp³-hybridized carbons (Fsp3) is 0.818. The first-order valence-electron chi connectivity index (χ1n) is 5.53. The largest absolute Gasteiger partial charge is 0.424 e. The van der Waals surface area contributed by atoms with Crippen molar-refractivity contribution in [2.45, 2.75) is 52.1 Å². The maximum atomic E-state index is 5.59. The standard InChI is InChI=1S/C11H19N3O/c1-7-5-8(7)10-14-13-9(15-10)6-12-11(2,3)4/h7-8,12H,5-6H2,1-4H3. The maximum Gasteiger partial charge on any atom is 0.230 e. The van der Waals surface area contributed by atoms with Crippen LogP contribution in [0.25, 0.3) is 0 Å². The molecule has 84 valence electrons. The highest BCUT2D eigenvalue weighted by Gasteiger charge is 2.38. The fourth-order valence-corrected chi connectivity index (χ4v) is 1.49.